The Bertz CT molecular complexity index is 493. The number of hydrogen-bond acceptors (Lipinski definition) is 3. The van der Waals surface area contributed by atoms with Crippen LogP contribution in [0.4, 0.5) is 0 Å². The number of aryl methyl sites for hydroxylation is 1. The van der Waals surface area contributed by atoms with Crippen molar-refractivity contribution in [3.8, 4) is 0 Å². The fraction of sp³-hybridized carbons (Fsp3) is 0.571. The van der Waals surface area contributed by atoms with Gasteiger partial charge in [-0.15, -0.1) is 0 Å². The van der Waals surface area contributed by atoms with Gasteiger partial charge in [-0.2, -0.15) is 0 Å². The molecule has 1 aliphatic rings. The topological polar surface area (TPSA) is 58.2 Å². The summed E-state index contributed by atoms with van der Waals surface area (Å²) in [6.07, 6.45) is 4.32. The van der Waals surface area contributed by atoms with Crippen LogP contribution in [0.5, 0.6) is 0 Å². The molecular formula is C14H22N2O2S. The highest BCUT2D eigenvalue weighted by Crippen LogP contribution is 2.28. The molecule has 4 nitrogen and oxygen atoms in total. The fourth-order valence-electron chi connectivity index (χ4n) is 1.94. The van der Waals surface area contributed by atoms with Crippen LogP contribution in [-0.4, -0.2) is 28.6 Å². The normalized spacial score (nSPS) is 15.6. The summed E-state index contributed by atoms with van der Waals surface area (Å²) in [6.45, 7) is 1.55. The number of nitrogens with one attached hydrogen (secondary N) is 2. The van der Waals surface area contributed by atoms with Crippen molar-refractivity contribution in [3.05, 3.63) is 29.8 Å². The summed E-state index contributed by atoms with van der Waals surface area (Å²) in [7, 11) is -1.39. The van der Waals surface area contributed by atoms with Crippen LogP contribution in [-0.2, 0) is 16.4 Å². The van der Waals surface area contributed by atoms with Crippen LogP contribution in [0.1, 0.15) is 24.8 Å². The molecule has 0 spiro atoms. The van der Waals surface area contributed by atoms with E-state index in [4.69, 9.17) is 0 Å². The van der Waals surface area contributed by atoms with E-state index < -0.39 is 10.0 Å². The number of hydrogen-bond donors (Lipinski definition) is 2. The zero-order valence-electron chi connectivity index (χ0n) is 11.4. The Hall–Kier alpha value is -0.910. The van der Waals surface area contributed by atoms with Crippen molar-refractivity contribution in [1.82, 2.24) is 10.0 Å². The Labute approximate surface area is 115 Å². The molecule has 106 valence electrons. The lowest BCUT2D eigenvalue weighted by atomic mass is 10.1. The van der Waals surface area contributed by atoms with Crippen molar-refractivity contribution in [2.45, 2.75) is 30.6 Å². The van der Waals surface area contributed by atoms with Gasteiger partial charge in [0.2, 0.25) is 10.0 Å². The minimum Gasteiger partial charge on any atom is -0.320 e. The van der Waals surface area contributed by atoms with Gasteiger partial charge in [-0.05, 0) is 62.9 Å². The predicted octanol–water partition coefficient (Wildman–Crippen LogP) is 1.53. The van der Waals surface area contributed by atoms with Crippen molar-refractivity contribution in [2.24, 2.45) is 5.92 Å². The number of sulfonamides is 1. The second-order valence-electron chi connectivity index (χ2n) is 5.15. The zero-order valence-corrected chi connectivity index (χ0v) is 12.2. The van der Waals surface area contributed by atoms with Crippen LogP contribution in [0.2, 0.25) is 0 Å². The van der Waals surface area contributed by atoms with Crippen LogP contribution in [0.25, 0.3) is 0 Å². The molecule has 0 bridgehead atoms. The lowest BCUT2D eigenvalue weighted by Gasteiger charge is -2.07. The zero-order chi connectivity index (χ0) is 13.7. The molecule has 2 rings (SSSR count). The van der Waals surface area contributed by atoms with E-state index in [0.29, 0.717) is 17.4 Å². The van der Waals surface area contributed by atoms with Gasteiger partial charge in [-0.25, -0.2) is 13.1 Å². The maximum absolute atomic E-state index is 12.0. The van der Waals surface area contributed by atoms with Crippen molar-refractivity contribution in [3.63, 3.8) is 0 Å². The van der Waals surface area contributed by atoms with Gasteiger partial charge < -0.3 is 5.32 Å². The number of rotatable bonds is 8. The largest absolute Gasteiger partial charge is 0.320 e. The minimum absolute atomic E-state index is 0.366. The maximum atomic E-state index is 12.0. The Morgan fingerprint density at radius 1 is 1.21 bits per heavy atom. The molecule has 1 fully saturated rings. The summed E-state index contributed by atoms with van der Waals surface area (Å²) >= 11 is 0. The van der Waals surface area contributed by atoms with E-state index in [2.05, 4.69) is 10.0 Å². The highest BCUT2D eigenvalue weighted by molar-refractivity contribution is 7.89. The van der Waals surface area contributed by atoms with Crippen molar-refractivity contribution >= 4 is 10.0 Å². The molecule has 1 saturated carbocycles. The van der Waals surface area contributed by atoms with Gasteiger partial charge in [0.25, 0.3) is 0 Å². The quantitative estimate of drug-likeness (QED) is 0.711. The van der Waals surface area contributed by atoms with Gasteiger partial charge >= 0.3 is 0 Å². The highest BCUT2D eigenvalue weighted by Gasteiger charge is 2.24. The third-order valence-electron chi connectivity index (χ3n) is 3.38. The molecule has 2 N–H and O–H groups in total. The summed E-state index contributed by atoms with van der Waals surface area (Å²) in [6, 6.07) is 7.20. The van der Waals surface area contributed by atoms with E-state index >= 15 is 0 Å². The van der Waals surface area contributed by atoms with E-state index in [1.165, 1.54) is 5.56 Å². The van der Waals surface area contributed by atoms with Crippen LogP contribution < -0.4 is 10.0 Å². The average molecular weight is 282 g/mol. The van der Waals surface area contributed by atoms with E-state index in [1.807, 2.05) is 19.2 Å². The lowest BCUT2D eigenvalue weighted by molar-refractivity contribution is 0.577. The van der Waals surface area contributed by atoms with Gasteiger partial charge in [-0.3, -0.25) is 0 Å². The molecule has 0 unspecified atom stereocenters. The van der Waals surface area contributed by atoms with Gasteiger partial charge in [-0.1, -0.05) is 12.1 Å². The van der Waals surface area contributed by atoms with Crippen molar-refractivity contribution in [1.29, 1.82) is 0 Å². The molecule has 1 aromatic rings. The van der Waals surface area contributed by atoms with Gasteiger partial charge in [0.1, 0.15) is 0 Å². The Morgan fingerprint density at radius 2 is 1.89 bits per heavy atom. The molecule has 0 atom stereocenters. The lowest BCUT2D eigenvalue weighted by Crippen LogP contribution is -2.25. The van der Waals surface area contributed by atoms with E-state index in [0.717, 1.165) is 32.2 Å². The SMILES string of the molecule is CNCCCc1ccc(S(=O)(=O)NCC2CC2)cc1. The molecule has 0 radical (unpaired) electrons. The smallest absolute Gasteiger partial charge is 0.240 e. The van der Waals surface area contributed by atoms with Crippen LogP contribution in [0.3, 0.4) is 0 Å². The number of benzene rings is 1. The highest BCUT2D eigenvalue weighted by atomic mass is 32.2. The maximum Gasteiger partial charge on any atom is 0.240 e. The third-order valence-corrected chi connectivity index (χ3v) is 4.82. The van der Waals surface area contributed by atoms with Gasteiger partial charge in [0, 0.05) is 6.54 Å². The molecule has 19 heavy (non-hydrogen) atoms. The molecule has 0 amide bonds. The monoisotopic (exact) mass is 282 g/mol. The first-order valence-electron chi connectivity index (χ1n) is 6.85. The third kappa shape index (κ3) is 4.60. The minimum atomic E-state index is -3.32. The molecule has 5 heteroatoms. The average Bonchev–Trinajstić information content (AvgIpc) is 3.22. The summed E-state index contributed by atoms with van der Waals surface area (Å²) in [5, 5.41) is 3.10. The fourth-order valence-corrected chi connectivity index (χ4v) is 3.05. The molecule has 0 heterocycles. The molecule has 1 aliphatic carbocycles. The molecule has 0 saturated heterocycles. The van der Waals surface area contributed by atoms with Crippen LogP contribution in [0, 0.1) is 5.92 Å². The van der Waals surface area contributed by atoms with E-state index in [-0.39, 0.29) is 0 Å². The van der Waals surface area contributed by atoms with Gasteiger partial charge in [0.15, 0.2) is 0 Å². The first kappa shape index (κ1) is 14.5. The van der Waals surface area contributed by atoms with Crippen LogP contribution in [0.15, 0.2) is 29.2 Å². The Kier molecular flexibility index (Phi) is 4.96. The standard InChI is InChI=1S/C14H22N2O2S/c1-15-10-2-3-12-6-8-14(9-7-12)19(17,18)16-11-13-4-5-13/h6-9,13,15-16H,2-5,10-11H2,1H3. The van der Waals surface area contributed by atoms with Gasteiger partial charge in [0.05, 0.1) is 4.90 Å². The first-order valence-corrected chi connectivity index (χ1v) is 8.33. The molecule has 1 aromatic carbocycles. The van der Waals surface area contributed by atoms with Crippen LogP contribution >= 0.6 is 0 Å². The molecule has 0 aromatic heterocycles. The van der Waals surface area contributed by atoms with E-state index in [1.54, 1.807) is 12.1 Å². The van der Waals surface area contributed by atoms with Crippen molar-refractivity contribution in [2.75, 3.05) is 20.1 Å². The van der Waals surface area contributed by atoms with Crippen molar-refractivity contribution < 1.29 is 8.42 Å². The Balaban J connectivity index is 1.92. The predicted molar refractivity (Wildman–Crippen MR) is 76.6 cm³/mol. The summed E-state index contributed by atoms with van der Waals surface area (Å²) < 4.78 is 26.7. The second kappa shape index (κ2) is 6.50. The Morgan fingerprint density at radius 3 is 2.47 bits per heavy atom. The van der Waals surface area contributed by atoms with E-state index in [9.17, 15) is 8.42 Å². The molecular weight excluding hydrogens is 260 g/mol. The second-order valence-corrected chi connectivity index (χ2v) is 6.91. The first-order chi connectivity index (χ1) is 9.12. The summed E-state index contributed by atoms with van der Waals surface area (Å²) in [4.78, 5) is 0.366. The summed E-state index contributed by atoms with van der Waals surface area (Å²) in [5.41, 5.74) is 1.18. The molecule has 0 aliphatic heterocycles. The summed E-state index contributed by atoms with van der Waals surface area (Å²) in [5.74, 6) is 0.551.